The zero-order chi connectivity index (χ0) is 19.5. The van der Waals surface area contributed by atoms with Crippen LogP contribution in [0.15, 0.2) is 66.1 Å². The SMILES string of the molecule is Cc1ccc(-n2ncc3c(=O)n(CCC(=O)Nc4ccncc4)cnc32)cc1. The number of benzene rings is 1. The minimum absolute atomic E-state index is 0.154. The molecule has 3 heterocycles. The van der Waals surface area contributed by atoms with E-state index < -0.39 is 0 Å². The minimum Gasteiger partial charge on any atom is -0.326 e. The number of carbonyl (C=O) groups is 1. The monoisotopic (exact) mass is 374 g/mol. The van der Waals surface area contributed by atoms with Crippen LogP contribution in [-0.2, 0) is 11.3 Å². The predicted molar refractivity (Wildman–Crippen MR) is 105 cm³/mol. The lowest BCUT2D eigenvalue weighted by atomic mass is 10.2. The molecule has 8 nitrogen and oxygen atoms in total. The summed E-state index contributed by atoms with van der Waals surface area (Å²) in [6.07, 6.45) is 6.32. The van der Waals surface area contributed by atoms with Crippen molar-refractivity contribution in [3.05, 3.63) is 77.2 Å². The lowest BCUT2D eigenvalue weighted by Crippen LogP contribution is -2.23. The standard InChI is InChI=1S/C20H18N6O2/c1-14-2-4-16(5-3-14)26-19-17(12-23-26)20(28)25(13-22-19)11-8-18(27)24-15-6-9-21-10-7-15/h2-7,9-10,12-13H,8,11H2,1H3,(H,21,24,27). The number of fused-ring (bicyclic) bond motifs is 1. The highest BCUT2D eigenvalue weighted by Gasteiger charge is 2.12. The molecule has 1 amide bonds. The van der Waals surface area contributed by atoms with E-state index in [9.17, 15) is 9.59 Å². The zero-order valence-electron chi connectivity index (χ0n) is 15.2. The van der Waals surface area contributed by atoms with E-state index in [0.717, 1.165) is 11.3 Å². The smallest absolute Gasteiger partial charge is 0.264 e. The Hall–Kier alpha value is -3.81. The van der Waals surface area contributed by atoms with E-state index in [1.54, 1.807) is 29.2 Å². The molecule has 0 radical (unpaired) electrons. The van der Waals surface area contributed by atoms with Crippen molar-refractivity contribution in [2.75, 3.05) is 5.32 Å². The summed E-state index contributed by atoms with van der Waals surface area (Å²) in [6, 6.07) is 11.2. The van der Waals surface area contributed by atoms with Crippen LogP contribution in [0.25, 0.3) is 16.7 Å². The second-order valence-corrected chi connectivity index (χ2v) is 6.41. The molecule has 4 aromatic rings. The minimum atomic E-state index is -0.222. The summed E-state index contributed by atoms with van der Waals surface area (Å²) in [6.45, 7) is 2.24. The van der Waals surface area contributed by atoms with Crippen molar-refractivity contribution in [1.82, 2.24) is 24.3 Å². The first-order valence-corrected chi connectivity index (χ1v) is 8.82. The van der Waals surface area contributed by atoms with Gasteiger partial charge in [-0.25, -0.2) is 9.67 Å². The molecule has 0 aliphatic heterocycles. The van der Waals surface area contributed by atoms with Gasteiger partial charge in [-0.1, -0.05) is 17.7 Å². The molecule has 0 unspecified atom stereocenters. The van der Waals surface area contributed by atoms with E-state index in [-0.39, 0.29) is 24.4 Å². The van der Waals surface area contributed by atoms with Crippen molar-refractivity contribution in [2.45, 2.75) is 19.9 Å². The summed E-state index contributed by atoms with van der Waals surface area (Å²) in [5, 5.41) is 7.49. The molecule has 0 fully saturated rings. The predicted octanol–water partition coefficient (Wildman–Crippen LogP) is 2.31. The molecule has 0 spiro atoms. The number of pyridine rings is 1. The molecule has 0 bridgehead atoms. The summed E-state index contributed by atoms with van der Waals surface area (Å²) >= 11 is 0. The molecule has 0 saturated heterocycles. The highest BCUT2D eigenvalue weighted by Crippen LogP contribution is 2.14. The molecule has 1 N–H and O–H groups in total. The lowest BCUT2D eigenvalue weighted by molar-refractivity contribution is -0.116. The summed E-state index contributed by atoms with van der Waals surface area (Å²) in [7, 11) is 0. The van der Waals surface area contributed by atoms with Gasteiger partial charge in [0.25, 0.3) is 5.56 Å². The van der Waals surface area contributed by atoms with E-state index >= 15 is 0 Å². The number of rotatable bonds is 5. The largest absolute Gasteiger partial charge is 0.326 e. The van der Waals surface area contributed by atoms with Crippen molar-refractivity contribution in [3.63, 3.8) is 0 Å². The van der Waals surface area contributed by atoms with Crippen LogP contribution in [0, 0.1) is 6.92 Å². The molecule has 4 rings (SSSR count). The Morgan fingerprint density at radius 2 is 1.86 bits per heavy atom. The van der Waals surface area contributed by atoms with Crippen LogP contribution in [0.1, 0.15) is 12.0 Å². The first kappa shape index (κ1) is 17.6. The topological polar surface area (TPSA) is 94.7 Å². The van der Waals surface area contributed by atoms with Crippen molar-refractivity contribution < 1.29 is 4.79 Å². The first-order valence-electron chi connectivity index (χ1n) is 8.82. The summed E-state index contributed by atoms with van der Waals surface area (Å²) in [5.41, 5.74) is 2.91. The third-order valence-corrected chi connectivity index (χ3v) is 4.38. The van der Waals surface area contributed by atoms with E-state index in [4.69, 9.17) is 0 Å². The molecular weight excluding hydrogens is 356 g/mol. The van der Waals surface area contributed by atoms with Gasteiger partial charge in [-0.05, 0) is 31.2 Å². The van der Waals surface area contributed by atoms with Gasteiger partial charge in [-0.3, -0.25) is 19.1 Å². The summed E-state index contributed by atoms with van der Waals surface area (Å²) in [4.78, 5) is 33.1. The number of nitrogens with zero attached hydrogens (tertiary/aromatic N) is 5. The summed E-state index contributed by atoms with van der Waals surface area (Å²) < 4.78 is 3.06. The Bertz CT molecular complexity index is 1180. The number of hydrogen-bond acceptors (Lipinski definition) is 5. The summed E-state index contributed by atoms with van der Waals surface area (Å²) in [5.74, 6) is -0.187. The Morgan fingerprint density at radius 3 is 2.61 bits per heavy atom. The van der Waals surface area contributed by atoms with Crippen LogP contribution < -0.4 is 10.9 Å². The molecular formula is C20H18N6O2. The number of anilines is 1. The number of nitrogens with one attached hydrogen (secondary N) is 1. The van der Waals surface area contributed by atoms with Gasteiger partial charge in [-0.15, -0.1) is 0 Å². The fourth-order valence-corrected chi connectivity index (χ4v) is 2.86. The number of aromatic nitrogens is 5. The molecule has 28 heavy (non-hydrogen) atoms. The van der Waals surface area contributed by atoms with Gasteiger partial charge in [0.15, 0.2) is 5.65 Å². The molecule has 3 aromatic heterocycles. The Kier molecular flexibility index (Phi) is 4.67. The normalized spacial score (nSPS) is 10.9. The number of hydrogen-bond donors (Lipinski definition) is 1. The molecule has 0 atom stereocenters. The van der Waals surface area contributed by atoms with Gasteiger partial charge in [-0.2, -0.15) is 5.10 Å². The van der Waals surface area contributed by atoms with Crippen molar-refractivity contribution in [1.29, 1.82) is 0 Å². The van der Waals surface area contributed by atoms with Gasteiger partial charge in [0.05, 0.1) is 18.2 Å². The van der Waals surface area contributed by atoms with Gasteiger partial charge < -0.3 is 5.32 Å². The van der Waals surface area contributed by atoms with Crippen LogP contribution >= 0.6 is 0 Å². The van der Waals surface area contributed by atoms with Crippen molar-refractivity contribution in [2.24, 2.45) is 0 Å². The molecule has 0 saturated carbocycles. The van der Waals surface area contributed by atoms with Gasteiger partial charge in [0.2, 0.25) is 5.91 Å². The fraction of sp³-hybridized carbons (Fsp3) is 0.150. The average molecular weight is 374 g/mol. The maximum atomic E-state index is 12.7. The van der Waals surface area contributed by atoms with Crippen molar-refractivity contribution >= 4 is 22.6 Å². The van der Waals surface area contributed by atoms with Crippen LogP contribution in [0.4, 0.5) is 5.69 Å². The Morgan fingerprint density at radius 1 is 1.11 bits per heavy atom. The maximum Gasteiger partial charge on any atom is 0.264 e. The molecule has 1 aromatic carbocycles. The third-order valence-electron chi connectivity index (χ3n) is 4.38. The third kappa shape index (κ3) is 3.52. The van der Waals surface area contributed by atoms with Crippen LogP contribution in [-0.4, -0.2) is 30.2 Å². The second kappa shape index (κ2) is 7.43. The van der Waals surface area contributed by atoms with Crippen molar-refractivity contribution in [3.8, 4) is 5.69 Å². The molecule has 140 valence electrons. The molecule has 0 aliphatic rings. The Labute approximate surface area is 160 Å². The quantitative estimate of drug-likeness (QED) is 0.578. The highest BCUT2D eigenvalue weighted by molar-refractivity contribution is 5.90. The van der Waals surface area contributed by atoms with E-state index in [1.807, 2.05) is 31.2 Å². The van der Waals surface area contributed by atoms with Gasteiger partial charge >= 0.3 is 0 Å². The zero-order valence-corrected chi connectivity index (χ0v) is 15.2. The number of carbonyl (C=O) groups excluding carboxylic acids is 1. The van der Waals surface area contributed by atoms with Gasteiger partial charge in [0, 0.05) is 31.0 Å². The van der Waals surface area contributed by atoms with Crippen LogP contribution in [0.2, 0.25) is 0 Å². The Balaban J connectivity index is 1.53. The fourth-order valence-electron chi connectivity index (χ4n) is 2.86. The van der Waals surface area contributed by atoms with E-state index in [2.05, 4.69) is 20.4 Å². The number of amides is 1. The van der Waals surface area contributed by atoms with Gasteiger partial charge in [0.1, 0.15) is 5.39 Å². The lowest BCUT2D eigenvalue weighted by Gasteiger charge is -2.07. The first-order chi connectivity index (χ1) is 13.6. The van der Waals surface area contributed by atoms with Crippen LogP contribution in [0.3, 0.4) is 0 Å². The van der Waals surface area contributed by atoms with Crippen LogP contribution in [0.5, 0.6) is 0 Å². The molecule has 0 aliphatic carbocycles. The van der Waals surface area contributed by atoms with E-state index in [0.29, 0.717) is 16.7 Å². The highest BCUT2D eigenvalue weighted by atomic mass is 16.2. The van der Waals surface area contributed by atoms with E-state index in [1.165, 1.54) is 17.1 Å². The average Bonchev–Trinajstić information content (AvgIpc) is 3.14. The molecule has 8 heteroatoms. The maximum absolute atomic E-state index is 12.7. The number of aryl methyl sites for hydroxylation is 2. The second-order valence-electron chi connectivity index (χ2n) is 6.41.